The van der Waals surface area contributed by atoms with Crippen LogP contribution < -0.4 is 11.5 Å². The van der Waals surface area contributed by atoms with Gasteiger partial charge in [0.25, 0.3) is 0 Å². The number of carbonyl (C=O) groups excluding carboxylic acids is 1. The molecular weight excluding hydrogens is 176 g/mol. The van der Waals surface area contributed by atoms with Crippen LogP contribution in [-0.4, -0.2) is 27.7 Å². The standard InChI is InChI=1S/C7H16N2O2S/c1-2-6(8)5-12(11)4-3-7(9)10/h6H,2-5,8H2,1H3,(H2,9,10). The average Bonchev–Trinajstić information content (AvgIpc) is 2.00. The summed E-state index contributed by atoms with van der Waals surface area (Å²) in [6.45, 7) is 1.94. The van der Waals surface area contributed by atoms with E-state index in [1.54, 1.807) is 0 Å². The van der Waals surface area contributed by atoms with Gasteiger partial charge in [0, 0.05) is 34.8 Å². The second-order valence-corrected chi connectivity index (χ2v) is 4.32. The minimum atomic E-state index is -0.996. The highest BCUT2D eigenvalue weighted by Crippen LogP contribution is 1.93. The number of amides is 1. The zero-order valence-electron chi connectivity index (χ0n) is 7.29. The number of hydrogen-bond acceptors (Lipinski definition) is 3. The zero-order valence-corrected chi connectivity index (χ0v) is 8.10. The minimum absolute atomic E-state index is 0.0290. The predicted octanol–water partition coefficient (Wildman–Crippen LogP) is -0.652. The average molecular weight is 192 g/mol. The molecule has 0 radical (unpaired) electrons. The molecule has 0 spiro atoms. The van der Waals surface area contributed by atoms with Gasteiger partial charge in [0.2, 0.25) is 5.91 Å². The van der Waals surface area contributed by atoms with E-state index in [9.17, 15) is 9.00 Å². The first-order valence-corrected chi connectivity index (χ1v) is 5.44. The third kappa shape index (κ3) is 6.30. The molecular formula is C7H16N2O2S. The van der Waals surface area contributed by atoms with Crippen molar-refractivity contribution < 1.29 is 9.00 Å². The van der Waals surface area contributed by atoms with Gasteiger partial charge in [0.15, 0.2) is 0 Å². The molecule has 0 saturated heterocycles. The fourth-order valence-corrected chi connectivity index (χ4v) is 1.96. The summed E-state index contributed by atoms with van der Waals surface area (Å²) in [7, 11) is -0.996. The van der Waals surface area contributed by atoms with Gasteiger partial charge in [0.1, 0.15) is 0 Å². The van der Waals surface area contributed by atoms with Gasteiger partial charge >= 0.3 is 0 Å². The first kappa shape index (κ1) is 11.6. The fourth-order valence-electron chi connectivity index (χ4n) is 0.654. The maximum Gasteiger partial charge on any atom is 0.218 e. The summed E-state index contributed by atoms with van der Waals surface area (Å²) in [6, 6.07) is -0.0290. The molecule has 0 rings (SSSR count). The Kier molecular flexibility index (Phi) is 5.92. The smallest absolute Gasteiger partial charge is 0.218 e. The van der Waals surface area contributed by atoms with Crippen LogP contribution in [0.25, 0.3) is 0 Å². The summed E-state index contributed by atoms with van der Waals surface area (Å²) < 4.78 is 11.1. The molecule has 1 amide bonds. The van der Waals surface area contributed by atoms with E-state index in [1.807, 2.05) is 6.92 Å². The van der Waals surface area contributed by atoms with E-state index in [2.05, 4.69) is 0 Å². The molecule has 0 fully saturated rings. The molecule has 0 saturated carbocycles. The molecule has 0 aliphatic rings. The maximum absolute atomic E-state index is 11.1. The van der Waals surface area contributed by atoms with Gasteiger partial charge in [-0.05, 0) is 6.42 Å². The lowest BCUT2D eigenvalue weighted by atomic mass is 10.3. The Morgan fingerprint density at radius 1 is 1.58 bits per heavy atom. The van der Waals surface area contributed by atoms with Crippen LogP contribution >= 0.6 is 0 Å². The Hall–Kier alpha value is -0.420. The van der Waals surface area contributed by atoms with Crippen LogP contribution in [-0.2, 0) is 15.6 Å². The molecule has 2 unspecified atom stereocenters. The molecule has 0 heterocycles. The van der Waals surface area contributed by atoms with Gasteiger partial charge in [0.05, 0.1) is 0 Å². The summed E-state index contributed by atoms with van der Waals surface area (Å²) >= 11 is 0. The Bertz CT molecular complexity index is 173. The molecule has 4 N–H and O–H groups in total. The second-order valence-electron chi connectivity index (χ2n) is 2.70. The number of rotatable bonds is 6. The first-order chi connectivity index (χ1) is 5.56. The van der Waals surface area contributed by atoms with Gasteiger partial charge < -0.3 is 11.5 Å². The van der Waals surface area contributed by atoms with E-state index < -0.39 is 16.7 Å². The molecule has 12 heavy (non-hydrogen) atoms. The minimum Gasteiger partial charge on any atom is -0.370 e. The van der Waals surface area contributed by atoms with Crippen molar-refractivity contribution in [2.75, 3.05) is 11.5 Å². The lowest BCUT2D eigenvalue weighted by Gasteiger charge is -2.06. The van der Waals surface area contributed by atoms with Gasteiger partial charge in [-0.15, -0.1) is 0 Å². The molecule has 0 aliphatic carbocycles. The van der Waals surface area contributed by atoms with Crippen LogP contribution in [0, 0.1) is 0 Å². The van der Waals surface area contributed by atoms with Gasteiger partial charge in [-0.3, -0.25) is 9.00 Å². The van der Waals surface area contributed by atoms with Crippen LogP contribution in [0.15, 0.2) is 0 Å². The lowest BCUT2D eigenvalue weighted by Crippen LogP contribution is -2.27. The maximum atomic E-state index is 11.1. The van der Waals surface area contributed by atoms with Crippen molar-refractivity contribution in [2.24, 2.45) is 11.5 Å². The number of primary amides is 1. The molecule has 5 heteroatoms. The van der Waals surface area contributed by atoms with E-state index >= 15 is 0 Å². The van der Waals surface area contributed by atoms with Crippen molar-refractivity contribution in [3.8, 4) is 0 Å². The normalized spacial score (nSPS) is 15.5. The quantitative estimate of drug-likeness (QED) is 0.586. The summed E-state index contributed by atoms with van der Waals surface area (Å²) in [5, 5.41) is 0. The zero-order chi connectivity index (χ0) is 9.56. The summed E-state index contributed by atoms with van der Waals surface area (Å²) in [4.78, 5) is 10.3. The van der Waals surface area contributed by atoms with Crippen molar-refractivity contribution in [2.45, 2.75) is 25.8 Å². The van der Waals surface area contributed by atoms with Gasteiger partial charge in [-0.1, -0.05) is 6.92 Å². The van der Waals surface area contributed by atoms with Crippen LogP contribution in [0.2, 0.25) is 0 Å². The van der Waals surface area contributed by atoms with E-state index in [0.717, 1.165) is 6.42 Å². The van der Waals surface area contributed by atoms with Crippen molar-refractivity contribution in [1.82, 2.24) is 0 Å². The van der Waals surface area contributed by atoms with Crippen LogP contribution in [0.4, 0.5) is 0 Å². The van der Waals surface area contributed by atoms with Crippen molar-refractivity contribution in [1.29, 1.82) is 0 Å². The number of nitrogens with two attached hydrogens (primary N) is 2. The molecule has 0 bridgehead atoms. The molecule has 2 atom stereocenters. The summed E-state index contributed by atoms with van der Waals surface area (Å²) in [5.41, 5.74) is 10.5. The van der Waals surface area contributed by atoms with Crippen molar-refractivity contribution in [3.05, 3.63) is 0 Å². The molecule has 0 aromatic carbocycles. The van der Waals surface area contributed by atoms with Crippen molar-refractivity contribution >= 4 is 16.7 Å². The predicted molar refractivity (Wildman–Crippen MR) is 50.0 cm³/mol. The Labute approximate surface area is 75.1 Å². The summed E-state index contributed by atoms with van der Waals surface area (Å²) in [6.07, 6.45) is 0.991. The fraction of sp³-hybridized carbons (Fsp3) is 0.857. The van der Waals surface area contributed by atoms with Crippen LogP contribution in [0.5, 0.6) is 0 Å². The molecule has 72 valence electrons. The highest BCUT2D eigenvalue weighted by Gasteiger charge is 2.06. The van der Waals surface area contributed by atoms with Crippen LogP contribution in [0.3, 0.4) is 0 Å². The Balaban J connectivity index is 3.53. The first-order valence-electron chi connectivity index (χ1n) is 3.95. The highest BCUT2D eigenvalue weighted by molar-refractivity contribution is 7.85. The van der Waals surface area contributed by atoms with E-state index in [-0.39, 0.29) is 12.5 Å². The third-order valence-electron chi connectivity index (χ3n) is 1.50. The second kappa shape index (κ2) is 6.14. The van der Waals surface area contributed by atoms with Gasteiger partial charge in [-0.2, -0.15) is 0 Å². The van der Waals surface area contributed by atoms with E-state index in [0.29, 0.717) is 11.5 Å². The van der Waals surface area contributed by atoms with E-state index in [4.69, 9.17) is 11.5 Å². The number of hydrogen-bond donors (Lipinski definition) is 2. The van der Waals surface area contributed by atoms with Crippen LogP contribution in [0.1, 0.15) is 19.8 Å². The topological polar surface area (TPSA) is 86.2 Å². The van der Waals surface area contributed by atoms with Gasteiger partial charge in [-0.25, -0.2) is 0 Å². The lowest BCUT2D eigenvalue weighted by molar-refractivity contribution is -0.117. The SMILES string of the molecule is CCC(N)CS(=O)CCC(N)=O. The highest BCUT2D eigenvalue weighted by atomic mass is 32.2. The molecule has 0 aromatic rings. The van der Waals surface area contributed by atoms with Crippen molar-refractivity contribution in [3.63, 3.8) is 0 Å². The number of carbonyl (C=O) groups is 1. The Morgan fingerprint density at radius 2 is 2.17 bits per heavy atom. The molecule has 0 aliphatic heterocycles. The monoisotopic (exact) mass is 192 g/mol. The summed E-state index contributed by atoms with van der Waals surface area (Å²) in [5.74, 6) is 0.390. The molecule has 0 aromatic heterocycles. The Morgan fingerprint density at radius 3 is 2.58 bits per heavy atom. The largest absolute Gasteiger partial charge is 0.370 e. The molecule has 4 nitrogen and oxygen atoms in total. The van der Waals surface area contributed by atoms with E-state index in [1.165, 1.54) is 0 Å². The third-order valence-corrected chi connectivity index (χ3v) is 2.96.